The minimum absolute atomic E-state index is 0.0373. The molecule has 0 unspecified atom stereocenters. The number of hydrogen-bond donors (Lipinski definition) is 0. The number of carbonyl (C=O) groups is 1. The molecule has 0 saturated carbocycles. The third kappa shape index (κ3) is 2.46. The van der Waals surface area contributed by atoms with Crippen molar-refractivity contribution in [2.45, 2.75) is 26.7 Å². The summed E-state index contributed by atoms with van der Waals surface area (Å²) in [6.07, 6.45) is 1.23. The number of carbonyl (C=O) groups excluding carboxylic acids is 1. The summed E-state index contributed by atoms with van der Waals surface area (Å²) in [6, 6.07) is 2.21. The molecule has 4 heteroatoms. The van der Waals surface area contributed by atoms with E-state index in [0.29, 0.717) is 12.8 Å². The molecule has 0 N–H and O–H groups in total. The zero-order valence-corrected chi connectivity index (χ0v) is 10.3. The minimum Gasteiger partial charge on any atom is -0.340 e. The molecule has 1 saturated heterocycles. The van der Waals surface area contributed by atoms with Gasteiger partial charge in [-0.15, -0.1) is 0 Å². The predicted octanol–water partition coefficient (Wildman–Crippen LogP) is 1.89. The molecule has 0 aromatic heterocycles. The molecule has 0 spiro atoms. The van der Waals surface area contributed by atoms with E-state index in [-0.39, 0.29) is 5.91 Å². The molecule has 0 aromatic rings. The van der Waals surface area contributed by atoms with Gasteiger partial charge in [-0.1, -0.05) is 13.8 Å². The lowest BCUT2D eigenvalue weighted by Crippen LogP contribution is -2.46. The second kappa shape index (κ2) is 5.41. The van der Waals surface area contributed by atoms with Crippen molar-refractivity contribution < 1.29 is 4.79 Å². The van der Waals surface area contributed by atoms with Crippen LogP contribution in [0.4, 0.5) is 0 Å². The Morgan fingerprint density at radius 3 is 2.33 bits per heavy atom. The maximum Gasteiger partial charge on any atom is 0.243 e. The highest BCUT2D eigenvalue weighted by Crippen LogP contribution is 2.29. The van der Waals surface area contributed by atoms with Crippen LogP contribution in [0.3, 0.4) is 0 Å². The molecule has 1 aliphatic rings. The Labute approximate surface area is 95.8 Å². The Morgan fingerprint density at radius 1 is 1.40 bits per heavy atom. The van der Waals surface area contributed by atoms with E-state index < -0.39 is 5.41 Å². The molecule has 1 heterocycles. The second-order valence-electron chi connectivity index (χ2n) is 3.81. The Balaban J connectivity index is 2.76. The quantitative estimate of drug-likeness (QED) is 0.738. The van der Waals surface area contributed by atoms with E-state index in [9.17, 15) is 10.1 Å². The van der Waals surface area contributed by atoms with Crippen molar-refractivity contribution in [1.82, 2.24) is 4.90 Å². The number of amides is 1. The number of thioether (sulfide) groups is 1. The maximum atomic E-state index is 12.2. The van der Waals surface area contributed by atoms with Gasteiger partial charge in [0, 0.05) is 24.6 Å². The molecule has 1 aliphatic heterocycles. The average Bonchev–Trinajstić information content (AvgIpc) is 2.33. The van der Waals surface area contributed by atoms with Crippen LogP contribution in [0.25, 0.3) is 0 Å². The molecule has 0 aliphatic carbocycles. The van der Waals surface area contributed by atoms with E-state index >= 15 is 0 Å². The smallest absolute Gasteiger partial charge is 0.243 e. The highest BCUT2D eigenvalue weighted by Gasteiger charge is 2.38. The third-order valence-corrected chi connectivity index (χ3v) is 4.07. The van der Waals surface area contributed by atoms with Crippen LogP contribution in [-0.2, 0) is 4.79 Å². The highest BCUT2D eigenvalue weighted by atomic mass is 32.2. The van der Waals surface area contributed by atoms with Crippen LogP contribution in [0.2, 0.25) is 0 Å². The fourth-order valence-corrected chi connectivity index (χ4v) is 2.73. The van der Waals surface area contributed by atoms with Crippen molar-refractivity contribution in [2.75, 3.05) is 24.6 Å². The Morgan fingerprint density at radius 2 is 1.93 bits per heavy atom. The summed E-state index contributed by atoms with van der Waals surface area (Å²) in [6.45, 7) is 5.44. The molecule has 3 nitrogen and oxygen atoms in total. The normalized spacial score (nSPS) is 17.3. The summed E-state index contributed by atoms with van der Waals surface area (Å²) in [5.74, 6) is 2.04. The van der Waals surface area contributed by atoms with Gasteiger partial charge in [-0.05, 0) is 12.8 Å². The fourth-order valence-electron chi connectivity index (χ4n) is 1.83. The number of nitriles is 1. The van der Waals surface area contributed by atoms with E-state index in [4.69, 9.17) is 0 Å². The lowest BCUT2D eigenvalue weighted by molar-refractivity contribution is -0.139. The molecule has 84 valence electrons. The summed E-state index contributed by atoms with van der Waals surface area (Å²) in [7, 11) is 0. The molecule has 1 rings (SSSR count). The average molecular weight is 226 g/mol. The molecular weight excluding hydrogens is 208 g/mol. The van der Waals surface area contributed by atoms with Crippen molar-refractivity contribution in [3.63, 3.8) is 0 Å². The lowest BCUT2D eigenvalue weighted by Gasteiger charge is -2.33. The van der Waals surface area contributed by atoms with Crippen LogP contribution in [-0.4, -0.2) is 35.4 Å². The maximum absolute atomic E-state index is 12.2. The first-order chi connectivity index (χ1) is 7.20. The van der Waals surface area contributed by atoms with Gasteiger partial charge < -0.3 is 4.90 Å². The van der Waals surface area contributed by atoms with Gasteiger partial charge in [-0.2, -0.15) is 17.0 Å². The van der Waals surface area contributed by atoms with Gasteiger partial charge in [0.15, 0.2) is 0 Å². The number of nitrogens with zero attached hydrogens (tertiary/aromatic N) is 2. The lowest BCUT2D eigenvalue weighted by atomic mass is 9.82. The van der Waals surface area contributed by atoms with E-state index in [2.05, 4.69) is 6.07 Å². The molecule has 1 amide bonds. The van der Waals surface area contributed by atoms with Gasteiger partial charge in [0.05, 0.1) is 6.07 Å². The summed E-state index contributed by atoms with van der Waals surface area (Å²) in [5, 5.41) is 9.17. The summed E-state index contributed by atoms with van der Waals surface area (Å²) < 4.78 is 0. The Bertz CT molecular complexity index is 262. The van der Waals surface area contributed by atoms with E-state index in [1.807, 2.05) is 30.5 Å². The second-order valence-corrected chi connectivity index (χ2v) is 5.03. The zero-order chi connectivity index (χ0) is 11.3. The highest BCUT2D eigenvalue weighted by molar-refractivity contribution is 7.99. The van der Waals surface area contributed by atoms with Gasteiger partial charge in [-0.25, -0.2) is 0 Å². The molecule has 0 aromatic carbocycles. The molecule has 0 radical (unpaired) electrons. The fraction of sp³-hybridized carbons (Fsp3) is 0.818. The van der Waals surface area contributed by atoms with Crippen molar-refractivity contribution >= 4 is 17.7 Å². The molecule has 1 fully saturated rings. The van der Waals surface area contributed by atoms with Gasteiger partial charge >= 0.3 is 0 Å². The molecule has 15 heavy (non-hydrogen) atoms. The standard InChI is InChI=1S/C11H18N2OS/c1-3-11(4-2,9-12)10(14)13-5-7-15-8-6-13/h3-8H2,1-2H3. The monoisotopic (exact) mass is 226 g/mol. The summed E-state index contributed by atoms with van der Waals surface area (Å²) in [5.41, 5.74) is -0.776. The Kier molecular flexibility index (Phi) is 4.46. The van der Waals surface area contributed by atoms with Crippen molar-refractivity contribution in [3.8, 4) is 6.07 Å². The molecular formula is C11H18N2OS. The predicted molar refractivity (Wildman–Crippen MR) is 62.5 cm³/mol. The van der Waals surface area contributed by atoms with Crippen LogP contribution < -0.4 is 0 Å². The van der Waals surface area contributed by atoms with Crippen molar-refractivity contribution in [3.05, 3.63) is 0 Å². The van der Waals surface area contributed by atoms with Crippen molar-refractivity contribution in [1.29, 1.82) is 5.26 Å². The van der Waals surface area contributed by atoms with Gasteiger partial charge in [-0.3, -0.25) is 4.79 Å². The van der Waals surface area contributed by atoms with Crippen LogP contribution in [0.1, 0.15) is 26.7 Å². The van der Waals surface area contributed by atoms with Gasteiger partial charge in [0.25, 0.3) is 0 Å². The van der Waals surface area contributed by atoms with E-state index in [1.165, 1.54) is 0 Å². The van der Waals surface area contributed by atoms with Gasteiger partial charge in [0.2, 0.25) is 5.91 Å². The first-order valence-electron chi connectivity index (χ1n) is 5.48. The number of hydrogen-bond acceptors (Lipinski definition) is 3. The minimum atomic E-state index is -0.776. The first-order valence-corrected chi connectivity index (χ1v) is 6.64. The van der Waals surface area contributed by atoms with Crippen LogP contribution >= 0.6 is 11.8 Å². The Hall–Kier alpha value is -0.690. The van der Waals surface area contributed by atoms with E-state index in [0.717, 1.165) is 24.6 Å². The number of rotatable bonds is 3. The summed E-state index contributed by atoms with van der Waals surface area (Å²) >= 11 is 1.87. The van der Waals surface area contributed by atoms with E-state index in [1.54, 1.807) is 0 Å². The topological polar surface area (TPSA) is 44.1 Å². The SMILES string of the molecule is CCC(C#N)(CC)C(=O)N1CCSCC1. The van der Waals surface area contributed by atoms with Crippen LogP contribution in [0.5, 0.6) is 0 Å². The first kappa shape index (κ1) is 12.4. The van der Waals surface area contributed by atoms with Crippen molar-refractivity contribution in [2.24, 2.45) is 5.41 Å². The van der Waals surface area contributed by atoms with Crippen LogP contribution in [0, 0.1) is 16.7 Å². The third-order valence-electron chi connectivity index (χ3n) is 3.13. The molecule has 0 atom stereocenters. The van der Waals surface area contributed by atoms with Crippen LogP contribution in [0.15, 0.2) is 0 Å². The largest absolute Gasteiger partial charge is 0.340 e. The summed E-state index contributed by atoms with van der Waals surface area (Å²) in [4.78, 5) is 14.1. The molecule has 0 bridgehead atoms. The van der Waals surface area contributed by atoms with Gasteiger partial charge in [0.1, 0.15) is 5.41 Å². The zero-order valence-electron chi connectivity index (χ0n) is 9.45.